The number of aromatic nitrogens is 1. The van der Waals surface area contributed by atoms with E-state index in [1.54, 1.807) is 17.5 Å². The number of fused-ring (bicyclic) bond motifs is 1. The molecule has 8 heteroatoms. The zero-order chi connectivity index (χ0) is 22.2. The van der Waals surface area contributed by atoms with E-state index in [1.807, 2.05) is 31.2 Å². The number of imide groups is 1. The molecule has 0 radical (unpaired) electrons. The van der Waals surface area contributed by atoms with E-state index in [-0.39, 0.29) is 17.9 Å². The number of thiophene rings is 1. The van der Waals surface area contributed by atoms with Gasteiger partial charge in [0, 0.05) is 40.1 Å². The number of amides is 2. The van der Waals surface area contributed by atoms with E-state index < -0.39 is 0 Å². The lowest BCUT2D eigenvalue weighted by Crippen LogP contribution is -2.34. The predicted molar refractivity (Wildman–Crippen MR) is 126 cm³/mol. The van der Waals surface area contributed by atoms with Crippen molar-refractivity contribution in [3.05, 3.63) is 45.9 Å². The number of ether oxygens (including phenoxy) is 1. The van der Waals surface area contributed by atoms with Gasteiger partial charge in [0.25, 0.3) is 0 Å². The van der Waals surface area contributed by atoms with Crippen LogP contribution in [0.2, 0.25) is 5.02 Å². The third-order valence-electron chi connectivity index (χ3n) is 6.03. The Kier molecular flexibility index (Phi) is 5.88. The number of hydrogen-bond donors (Lipinski definition) is 1. The Morgan fingerprint density at radius 3 is 2.66 bits per heavy atom. The molecule has 2 aliphatic rings. The number of rotatable bonds is 5. The molecule has 2 aliphatic heterocycles. The van der Waals surface area contributed by atoms with Crippen LogP contribution in [0.25, 0.3) is 21.3 Å². The second-order valence-electron chi connectivity index (χ2n) is 8.33. The van der Waals surface area contributed by atoms with Crippen LogP contribution in [0.15, 0.2) is 30.5 Å². The standard InChI is InChI=1S/C24H24ClN3O3S/c1-14-10-15(25)11-19(23(14)31-16-4-7-26-8-5-16)18-6-9-27-20-12-17(32-24(18)20)13-28-21(29)2-3-22(28)30/h6,9-12,16,26H,2-5,7-8,13H2,1H3. The molecule has 6 nitrogen and oxygen atoms in total. The van der Waals surface area contributed by atoms with Crippen LogP contribution in [0.5, 0.6) is 5.75 Å². The van der Waals surface area contributed by atoms with E-state index >= 15 is 0 Å². The topological polar surface area (TPSA) is 71.5 Å². The molecule has 4 heterocycles. The number of halogens is 1. The van der Waals surface area contributed by atoms with Crippen LogP contribution in [0.4, 0.5) is 0 Å². The molecule has 0 atom stereocenters. The number of nitrogens with zero attached hydrogens (tertiary/aromatic N) is 2. The molecule has 0 spiro atoms. The van der Waals surface area contributed by atoms with Crippen LogP contribution in [0, 0.1) is 6.92 Å². The summed E-state index contributed by atoms with van der Waals surface area (Å²) >= 11 is 8.02. The Bertz CT molecular complexity index is 1190. The second kappa shape index (κ2) is 8.81. The van der Waals surface area contributed by atoms with Gasteiger partial charge in [-0.15, -0.1) is 11.3 Å². The lowest BCUT2D eigenvalue weighted by Gasteiger charge is -2.26. The number of carbonyl (C=O) groups is 2. The molecule has 2 amide bonds. The summed E-state index contributed by atoms with van der Waals surface area (Å²) in [5.41, 5.74) is 3.79. The number of pyridine rings is 1. The first-order chi connectivity index (χ1) is 15.5. The number of nitrogens with one attached hydrogen (secondary N) is 1. The summed E-state index contributed by atoms with van der Waals surface area (Å²) in [6.45, 7) is 4.22. The monoisotopic (exact) mass is 469 g/mol. The molecule has 1 N–H and O–H groups in total. The fourth-order valence-corrected chi connectivity index (χ4v) is 5.80. The molecule has 1 aromatic carbocycles. The van der Waals surface area contributed by atoms with Gasteiger partial charge in [-0.3, -0.25) is 19.5 Å². The molecule has 5 rings (SSSR count). The van der Waals surface area contributed by atoms with Crippen molar-refractivity contribution in [2.24, 2.45) is 0 Å². The molecular weight excluding hydrogens is 446 g/mol. The molecule has 0 unspecified atom stereocenters. The van der Waals surface area contributed by atoms with Gasteiger partial charge in [-0.1, -0.05) is 11.6 Å². The van der Waals surface area contributed by atoms with Gasteiger partial charge in [0.05, 0.1) is 16.8 Å². The first-order valence-corrected chi connectivity index (χ1v) is 12.1. The second-order valence-corrected chi connectivity index (χ2v) is 9.90. The van der Waals surface area contributed by atoms with Crippen LogP contribution in [-0.2, 0) is 16.1 Å². The minimum Gasteiger partial charge on any atom is -0.489 e. The highest BCUT2D eigenvalue weighted by molar-refractivity contribution is 7.19. The highest BCUT2D eigenvalue weighted by Crippen LogP contribution is 2.42. The van der Waals surface area contributed by atoms with Crippen LogP contribution in [-0.4, -0.2) is 40.9 Å². The Hall–Kier alpha value is -2.48. The summed E-state index contributed by atoms with van der Waals surface area (Å²) in [7, 11) is 0. The maximum Gasteiger partial charge on any atom is 0.230 e. The number of benzene rings is 1. The van der Waals surface area contributed by atoms with E-state index in [0.717, 1.165) is 63.5 Å². The Morgan fingerprint density at radius 1 is 1.16 bits per heavy atom. The minimum atomic E-state index is -0.108. The maximum absolute atomic E-state index is 12.1. The Morgan fingerprint density at radius 2 is 1.91 bits per heavy atom. The number of piperidine rings is 1. The zero-order valence-corrected chi connectivity index (χ0v) is 19.4. The van der Waals surface area contributed by atoms with Crippen molar-refractivity contribution < 1.29 is 14.3 Å². The normalized spacial score (nSPS) is 17.5. The van der Waals surface area contributed by atoms with Gasteiger partial charge in [-0.25, -0.2) is 0 Å². The van der Waals surface area contributed by atoms with Gasteiger partial charge < -0.3 is 10.1 Å². The van der Waals surface area contributed by atoms with Crippen LogP contribution < -0.4 is 10.1 Å². The fraction of sp³-hybridized carbons (Fsp3) is 0.375. The number of likely N-dealkylation sites (tertiary alicyclic amines) is 1. The summed E-state index contributed by atoms with van der Waals surface area (Å²) in [4.78, 5) is 30.9. The molecule has 0 aliphatic carbocycles. The summed E-state index contributed by atoms with van der Waals surface area (Å²) in [5.74, 6) is 0.640. The van der Waals surface area contributed by atoms with Crippen molar-refractivity contribution >= 4 is 45.0 Å². The first kappa shape index (κ1) is 21.4. The van der Waals surface area contributed by atoms with Crippen LogP contribution >= 0.6 is 22.9 Å². The summed E-state index contributed by atoms with van der Waals surface area (Å²) in [5, 5.41) is 4.03. The average Bonchev–Trinajstić information content (AvgIpc) is 3.34. The molecule has 0 saturated carbocycles. The molecule has 32 heavy (non-hydrogen) atoms. The lowest BCUT2D eigenvalue weighted by molar-refractivity contribution is -0.138. The van der Waals surface area contributed by atoms with Crippen LogP contribution in [0.1, 0.15) is 36.1 Å². The number of hydrogen-bond acceptors (Lipinski definition) is 6. The highest BCUT2D eigenvalue weighted by Gasteiger charge is 2.29. The van der Waals surface area contributed by atoms with Gasteiger partial charge in [0.15, 0.2) is 0 Å². The van der Waals surface area contributed by atoms with Crippen molar-refractivity contribution in [2.45, 2.75) is 45.3 Å². The third kappa shape index (κ3) is 4.12. The molecule has 166 valence electrons. The Labute approximate surface area is 195 Å². The van der Waals surface area contributed by atoms with Gasteiger partial charge in [-0.05, 0) is 62.7 Å². The fourth-order valence-electron chi connectivity index (χ4n) is 4.40. The van der Waals surface area contributed by atoms with Gasteiger partial charge in [0.2, 0.25) is 11.8 Å². The van der Waals surface area contributed by atoms with Crippen molar-refractivity contribution in [1.29, 1.82) is 0 Å². The molecule has 2 fully saturated rings. The molecule has 2 saturated heterocycles. The van der Waals surface area contributed by atoms with E-state index in [2.05, 4.69) is 10.3 Å². The van der Waals surface area contributed by atoms with E-state index in [1.165, 1.54) is 4.90 Å². The molecular formula is C24H24ClN3O3S. The molecule has 0 bridgehead atoms. The number of aryl methyl sites for hydroxylation is 1. The molecule has 2 aromatic heterocycles. The summed E-state index contributed by atoms with van der Waals surface area (Å²) in [6, 6.07) is 7.83. The number of carbonyl (C=O) groups excluding carboxylic acids is 2. The van der Waals surface area contributed by atoms with Crippen molar-refractivity contribution in [2.75, 3.05) is 13.1 Å². The predicted octanol–water partition coefficient (Wildman–Crippen LogP) is 4.70. The van der Waals surface area contributed by atoms with Crippen molar-refractivity contribution in [3.63, 3.8) is 0 Å². The quantitative estimate of drug-likeness (QED) is 0.548. The van der Waals surface area contributed by atoms with Gasteiger partial charge in [0.1, 0.15) is 11.9 Å². The lowest BCUT2D eigenvalue weighted by atomic mass is 10.0. The smallest absolute Gasteiger partial charge is 0.230 e. The summed E-state index contributed by atoms with van der Waals surface area (Å²) in [6.07, 6.45) is 4.48. The van der Waals surface area contributed by atoms with Gasteiger partial charge in [-0.2, -0.15) is 0 Å². The maximum atomic E-state index is 12.1. The Balaban J connectivity index is 1.55. The van der Waals surface area contributed by atoms with Crippen LogP contribution in [0.3, 0.4) is 0 Å². The largest absolute Gasteiger partial charge is 0.489 e. The SMILES string of the molecule is Cc1cc(Cl)cc(-c2ccnc3cc(CN4C(=O)CCC4=O)sc23)c1OC1CCNCC1. The highest BCUT2D eigenvalue weighted by atomic mass is 35.5. The van der Waals surface area contributed by atoms with Gasteiger partial charge >= 0.3 is 0 Å². The summed E-state index contributed by atoms with van der Waals surface area (Å²) < 4.78 is 7.50. The zero-order valence-electron chi connectivity index (χ0n) is 17.8. The first-order valence-electron chi connectivity index (χ1n) is 10.9. The van der Waals surface area contributed by atoms with Crippen molar-refractivity contribution in [1.82, 2.24) is 15.2 Å². The third-order valence-corrected chi connectivity index (χ3v) is 7.39. The average molecular weight is 470 g/mol. The van der Waals surface area contributed by atoms with E-state index in [9.17, 15) is 9.59 Å². The van der Waals surface area contributed by atoms with E-state index in [4.69, 9.17) is 16.3 Å². The van der Waals surface area contributed by atoms with E-state index in [0.29, 0.717) is 24.4 Å². The molecule has 3 aromatic rings. The van der Waals surface area contributed by atoms with Crippen molar-refractivity contribution in [3.8, 4) is 16.9 Å². The minimum absolute atomic E-state index is 0.108.